The van der Waals surface area contributed by atoms with Gasteiger partial charge in [-0.15, -0.1) is 0 Å². The van der Waals surface area contributed by atoms with Gasteiger partial charge in [0.25, 0.3) is 0 Å². The van der Waals surface area contributed by atoms with Crippen LogP contribution in [0.2, 0.25) is 0 Å². The number of carbonyl (C=O) groups is 1. The van der Waals surface area contributed by atoms with Crippen LogP contribution in [0.5, 0.6) is 0 Å². The third-order valence-corrected chi connectivity index (χ3v) is 4.48. The number of nitrogens with one attached hydrogen (secondary N) is 1. The summed E-state index contributed by atoms with van der Waals surface area (Å²) in [6, 6.07) is 12.7. The molecule has 2 aromatic carbocycles. The van der Waals surface area contributed by atoms with Gasteiger partial charge < -0.3 is 11.1 Å². The zero-order valence-corrected chi connectivity index (χ0v) is 12.9. The lowest BCUT2D eigenvalue weighted by Crippen LogP contribution is -2.08. The second-order valence-corrected chi connectivity index (χ2v) is 6.18. The van der Waals surface area contributed by atoms with Crippen molar-refractivity contribution >= 4 is 28.1 Å². The molecule has 0 saturated heterocycles. The van der Waals surface area contributed by atoms with Gasteiger partial charge in [0.2, 0.25) is 5.91 Å². The van der Waals surface area contributed by atoms with E-state index in [1.54, 1.807) is 18.2 Å². The van der Waals surface area contributed by atoms with Gasteiger partial charge >= 0.3 is 0 Å². The number of anilines is 2. The number of rotatable bonds is 4. The number of amides is 1. The minimum atomic E-state index is -1.30. The molecule has 0 aliphatic rings. The Morgan fingerprint density at radius 3 is 2.33 bits per heavy atom. The molecule has 21 heavy (non-hydrogen) atoms. The van der Waals surface area contributed by atoms with E-state index in [9.17, 15) is 9.00 Å². The van der Waals surface area contributed by atoms with Crippen LogP contribution in [-0.2, 0) is 22.0 Å². The summed E-state index contributed by atoms with van der Waals surface area (Å²) in [6.07, 6.45) is 0.946. The SMILES string of the molecule is CCc1ccc(S(=O)c2ccc(N)c(NC(C)=O)c2)cc1. The Bertz CT molecular complexity index is 681. The van der Waals surface area contributed by atoms with Gasteiger partial charge in [-0.25, -0.2) is 4.21 Å². The van der Waals surface area contributed by atoms with Crippen LogP contribution in [0.25, 0.3) is 0 Å². The highest BCUT2D eigenvalue weighted by Crippen LogP contribution is 2.25. The lowest BCUT2D eigenvalue weighted by atomic mass is 10.2. The Labute approximate surface area is 126 Å². The fraction of sp³-hybridized carbons (Fsp3) is 0.188. The molecule has 2 rings (SSSR count). The quantitative estimate of drug-likeness (QED) is 0.853. The first kappa shape index (κ1) is 15.3. The van der Waals surface area contributed by atoms with E-state index in [0.29, 0.717) is 16.3 Å². The maximum absolute atomic E-state index is 12.6. The zero-order valence-electron chi connectivity index (χ0n) is 12.1. The number of carbonyl (C=O) groups excluding carboxylic acids is 1. The first-order valence-electron chi connectivity index (χ1n) is 6.69. The largest absolute Gasteiger partial charge is 0.397 e. The molecule has 0 aliphatic carbocycles. The van der Waals surface area contributed by atoms with E-state index in [2.05, 4.69) is 12.2 Å². The van der Waals surface area contributed by atoms with Gasteiger partial charge in [0, 0.05) is 16.7 Å². The van der Waals surface area contributed by atoms with E-state index < -0.39 is 10.8 Å². The minimum absolute atomic E-state index is 0.211. The van der Waals surface area contributed by atoms with Gasteiger partial charge in [-0.2, -0.15) is 0 Å². The molecule has 1 amide bonds. The van der Waals surface area contributed by atoms with Crippen LogP contribution in [0.15, 0.2) is 52.3 Å². The molecule has 0 fully saturated rings. The van der Waals surface area contributed by atoms with E-state index in [1.165, 1.54) is 12.5 Å². The Kier molecular flexibility index (Phi) is 4.75. The van der Waals surface area contributed by atoms with Gasteiger partial charge in [-0.3, -0.25) is 4.79 Å². The van der Waals surface area contributed by atoms with E-state index >= 15 is 0 Å². The Morgan fingerprint density at radius 2 is 1.76 bits per heavy atom. The maximum Gasteiger partial charge on any atom is 0.221 e. The molecule has 0 bridgehead atoms. The van der Waals surface area contributed by atoms with Crippen molar-refractivity contribution < 1.29 is 9.00 Å². The van der Waals surface area contributed by atoms with Crippen molar-refractivity contribution in [3.05, 3.63) is 48.0 Å². The van der Waals surface area contributed by atoms with Crippen molar-refractivity contribution in [2.75, 3.05) is 11.1 Å². The normalized spacial score (nSPS) is 11.9. The number of hydrogen-bond acceptors (Lipinski definition) is 3. The van der Waals surface area contributed by atoms with E-state index in [0.717, 1.165) is 11.3 Å². The number of nitrogen functional groups attached to an aromatic ring is 1. The molecule has 1 atom stereocenters. The Balaban J connectivity index is 2.31. The van der Waals surface area contributed by atoms with Gasteiger partial charge in [0.1, 0.15) is 0 Å². The third-order valence-electron chi connectivity index (χ3n) is 3.10. The molecule has 0 radical (unpaired) electrons. The average molecular weight is 302 g/mol. The van der Waals surface area contributed by atoms with E-state index in [1.807, 2.05) is 24.3 Å². The minimum Gasteiger partial charge on any atom is -0.397 e. The monoisotopic (exact) mass is 302 g/mol. The topological polar surface area (TPSA) is 72.2 Å². The highest BCUT2D eigenvalue weighted by atomic mass is 32.2. The molecule has 0 saturated carbocycles. The van der Waals surface area contributed by atoms with Gasteiger partial charge in [-0.05, 0) is 42.3 Å². The number of hydrogen-bond donors (Lipinski definition) is 2. The van der Waals surface area contributed by atoms with Crippen molar-refractivity contribution in [3.8, 4) is 0 Å². The highest BCUT2D eigenvalue weighted by molar-refractivity contribution is 7.85. The summed E-state index contributed by atoms with van der Waals surface area (Å²) in [6.45, 7) is 3.48. The van der Waals surface area contributed by atoms with Crippen LogP contribution in [-0.4, -0.2) is 10.1 Å². The molecular weight excluding hydrogens is 284 g/mol. The summed E-state index contributed by atoms with van der Waals surface area (Å²) in [7, 11) is -1.30. The average Bonchev–Trinajstić information content (AvgIpc) is 2.48. The summed E-state index contributed by atoms with van der Waals surface area (Å²) in [5, 5.41) is 2.64. The summed E-state index contributed by atoms with van der Waals surface area (Å²) >= 11 is 0. The molecule has 3 N–H and O–H groups in total. The van der Waals surface area contributed by atoms with Gasteiger partial charge in [0.15, 0.2) is 0 Å². The van der Waals surface area contributed by atoms with Crippen molar-refractivity contribution in [1.82, 2.24) is 0 Å². The third kappa shape index (κ3) is 3.70. The molecule has 2 aromatic rings. The summed E-state index contributed by atoms with van der Waals surface area (Å²) in [5.41, 5.74) is 7.94. The fourth-order valence-electron chi connectivity index (χ4n) is 1.93. The van der Waals surface area contributed by atoms with Crippen LogP contribution < -0.4 is 11.1 Å². The van der Waals surface area contributed by atoms with E-state index in [-0.39, 0.29) is 5.91 Å². The lowest BCUT2D eigenvalue weighted by molar-refractivity contribution is -0.114. The van der Waals surface area contributed by atoms with Crippen LogP contribution >= 0.6 is 0 Å². The van der Waals surface area contributed by atoms with Crippen LogP contribution in [0.4, 0.5) is 11.4 Å². The van der Waals surface area contributed by atoms with Crippen LogP contribution in [0.1, 0.15) is 19.4 Å². The molecule has 0 spiro atoms. The first-order valence-corrected chi connectivity index (χ1v) is 7.84. The van der Waals surface area contributed by atoms with Gasteiger partial charge in [0.05, 0.1) is 22.2 Å². The van der Waals surface area contributed by atoms with Gasteiger partial charge in [-0.1, -0.05) is 19.1 Å². The molecule has 5 heteroatoms. The standard InChI is InChI=1S/C16H18N2O2S/c1-3-12-4-6-13(7-5-12)21(20)14-8-9-15(17)16(10-14)18-11(2)19/h4-10H,3,17H2,1-2H3,(H,18,19). The molecule has 110 valence electrons. The number of benzene rings is 2. The molecular formula is C16H18N2O2S. The number of aryl methyl sites for hydroxylation is 1. The predicted octanol–water partition coefficient (Wildman–Crippen LogP) is 2.96. The summed E-state index contributed by atoms with van der Waals surface area (Å²) in [5.74, 6) is -0.211. The second kappa shape index (κ2) is 6.54. The summed E-state index contributed by atoms with van der Waals surface area (Å²) in [4.78, 5) is 12.5. The molecule has 4 nitrogen and oxygen atoms in total. The second-order valence-electron chi connectivity index (χ2n) is 4.70. The zero-order chi connectivity index (χ0) is 15.4. The maximum atomic E-state index is 12.6. The highest BCUT2D eigenvalue weighted by Gasteiger charge is 2.10. The smallest absolute Gasteiger partial charge is 0.221 e. The lowest BCUT2D eigenvalue weighted by Gasteiger charge is -2.09. The van der Waals surface area contributed by atoms with Crippen molar-refractivity contribution in [1.29, 1.82) is 0 Å². The van der Waals surface area contributed by atoms with Crippen molar-refractivity contribution in [2.45, 2.75) is 30.1 Å². The molecule has 1 unspecified atom stereocenters. The summed E-state index contributed by atoms with van der Waals surface area (Å²) < 4.78 is 12.6. The molecule has 0 heterocycles. The Morgan fingerprint density at radius 1 is 1.14 bits per heavy atom. The van der Waals surface area contributed by atoms with E-state index in [4.69, 9.17) is 5.73 Å². The fourth-order valence-corrected chi connectivity index (χ4v) is 3.01. The number of nitrogens with two attached hydrogens (primary N) is 1. The molecule has 0 aliphatic heterocycles. The molecule has 0 aromatic heterocycles. The Hall–Kier alpha value is -2.14. The predicted molar refractivity (Wildman–Crippen MR) is 85.7 cm³/mol. The first-order chi connectivity index (χ1) is 10.0. The van der Waals surface area contributed by atoms with Crippen LogP contribution in [0, 0.1) is 0 Å². The van der Waals surface area contributed by atoms with Crippen LogP contribution in [0.3, 0.4) is 0 Å². The van der Waals surface area contributed by atoms with Crippen molar-refractivity contribution in [3.63, 3.8) is 0 Å². The van der Waals surface area contributed by atoms with Crippen molar-refractivity contribution in [2.24, 2.45) is 0 Å².